The maximum atomic E-state index is 12.4. The minimum Gasteiger partial charge on any atom is -0.323 e. The Kier molecular flexibility index (Phi) is 4.07. The van der Waals surface area contributed by atoms with Gasteiger partial charge in [0.15, 0.2) is 5.82 Å². The number of hydrogen-bond donors (Lipinski definition) is 0. The zero-order chi connectivity index (χ0) is 14.8. The Bertz CT molecular complexity index is 666. The van der Waals surface area contributed by atoms with Gasteiger partial charge in [-0.05, 0) is 41.0 Å². The predicted molar refractivity (Wildman–Crippen MR) is 78.7 cm³/mol. The maximum absolute atomic E-state index is 12.4. The first-order chi connectivity index (χ1) is 10.1. The van der Waals surface area contributed by atoms with Crippen molar-refractivity contribution >= 4 is 29.2 Å². The highest BCUT2D eigenvalue weighted by molar-refractivity contribution is 6.35. The normalized spacial score (nSPS) is 14.7. The lowest BCUT2D eigenvalue weighted by Gasteiger charge is -2.15. The van der Waals surface area contributed by atoms with Crippen LogP contribution in [0.15, 0.2) is 18.2 Å². The van der Waals surface area contributed by atoms with E-state index >= 15 is 0 Å². The van der Waals surface area contributed by atoms with Gasteiger partial charge in [0.05, 0.1) is 0 Å². The fourth-order valence-electron chi connectivity index (χ4n) is 2.34. The van der Waals surface area contributed by atoms with Crippen LogP contribution in [0.2, 0.25) is 10.0 Å². The van der Waals surface area contributed by atoms with Crippen LogP contribution in [-0.4, -0.2) is 44.2 Å². The van der Waals surface area contributed by atoms with E-state index in [0.717, 1.165) is 31.5 Å². The number of aromatic nitrogens is 4. The van der Waals surface area contributed by atoms with Gasteiger partial charge >= 0.3 is 6.03 Å². The molecule has 21 heavy (non-hydrogen) atoms. The van der Waals surface area contributed by atoms with E-state index in [1.807, 2.05) is 6.07 Å². The minimum atomic E-state index is -0.183. The highest BCUT2D eigenvalue weighted by Crippen LogP contribution is 2.23. The lowest BCUT2D eigenvalue weighted by atomic mass is 10.1. The standard InChI is InChI=1S/C13H13Cl2N5O/c14-10-4-3-9(11(15)8-10)7-12-16-17-18-20(12)13(21)19-5-1-2-6-19/h3-4,8H,1-2,5-7H2. The van der Waals surface area contributed by atoms with Crippen molar-refractivity contribution in [3.63, 3.8) is 0 Å². The molecule has 1 fully saturated rings. The van der Waals surface area contributed by atoms with Crippen molar-refractivity contribution in [2.75, 3.05) is 13.1 Å². The number of benzene rings is 1. The first kappa shape index (κ1) is 14.3. The van der Waals surface area contributed by atoms with Crippen molar-refractivity contribution in [2.45, 2.75) is 19.3 Å². The predicted octanol–water partition coefficient (Wildman–Crippen LogP) is 2.63. The average molecular weight is 326 g/mol. The maximum Gasteiger partial charge on any atom is 0.347 e. The number of rotatable bonds is 2. The summed E-state index contributed by atoms with van der Waals surface area (Å²) in [6, 6.07) is 5.04. The van der Waals surface area contributed by atoms with Crippen LogP contribution in [0.4, 0.5) is 4.79 Å². The largest absolute Gasteiger partial charge is 0.347 e. The van der Waals surface area contributed by atoms with Gasteiger partial charge in [-0.15, -0.1) is 9.78 Å². The van der Waals surface area contributed by atoms with Crippen LogP contribution in [0.25, 0.3) is 0 Å². The number of carbonyl (C=O) groups is 1. The first-order valence-electron chi connectivity index (χ1n) is 6.65. The monoisotopic (exact) mass is 325 g/mol. The van der Waals surface area contributed by atoms with E-state index in [0.29, 0.717) is 22.3 Å². The smallest absolute Gasteiger partial charge is 0.323 e. The topological polar surface area (TPSA) is 63.9 Å². The fourth-order valence-corrected chi connectivity index (χ4v) is 2.82. The zero-order valence-corrected chi connectivity index (χ0v) is 12.7. The summed E-state index contributed by atoms with van der Waals surface area (Å²) in [6.07, 6.45) is 2.42. The molecule has 0 bridgehead atoms. The minimum absolute atomic E-state index is 0.183. The van der Waals surface area contributed by atoms with Crippen molar-refractivity contribution in [3.8, 4) is 0 Å². The van der Waals surface area contributed by atoms with Gasteiger partial charge in [0, 0.05) is 29.6 Å². The molecule has 0 aliphatic carbocycles. The van der Waals surface area contributed by atoms with Gasteiger partial charge in [-0.2, -0.15) is 0 Å². The Morgan fingerprint density at radius 2 is 2.00 bits per heavy atom. The molecule has 2 aromatic rings. The summed E-state index contributed by atoms with van der Waals surface area (Å²) in [4.78, 5) is 14.1. The van der Waals surface area contributed by atoms with Crippen LogP contribution in [0.1, 0.15) is 24.2 Å². The number of tetrazole rings is 1. The van der Waals surface area contributed by atoms with Gasteiger partial charge in [0.1, 0.15) is 0 Å². The van der Waals surface area contributed by atoms with E-state index in [-0.39, 0.29) is 6.03 Å². The quantitative estimate of drug-likeness (QED) is 0.796. The molecule has 1 saturated heterocycles. The van der Waals surface area contributed by atoms with Crippen LogP contribution < -0.4 is 0 Å². The van der Waals surface area contributed by atoms with Crippen molar-refractivity contribution in [2.24, 2.45) is 0 Å². The van der Waals surface area contributed by atoms with Gasteiger partial charge < -0.3 is 4.90 Å². The van der Waals surface area contributed by atoms with Crippen molar-refractivity contribution in [1.29, 1.82) is 0 Å². The molecular weight excluding hydrogens is 313 g/mol. The Hall–Kier alpha value is -1.66. The molecule has 1 aliphatic heterocycles. The highest BCUT2D eigenvalue weighted by Gasteiger charge is 2.23. The molecule has 2 heterocycles. The molecule has 0 radical (unpaired) electrons. The van der Waals surface area contributed by atoms with E-state index in [2.05, 4.69) is 15.5 Å². The van der Waals surface area contributed by atoms with E-state index < -0.39 is 0 Å². The SMILES string of the molecule is O=C(N1CCCC1)n1nnnc1Cc1ccc(Cl)cc1Cl. The molecule has 1 aromatic heterocycles. The zero-order valence-electron chi connectivity index (χ0n) is 11.2. The van der Waals surface area contributed by atoms with Crippen molar-refractivity contribution in [1.82, 2.24) is 25.1 Å². The summed E-state index contributed by atoms with van der Waals surface area (Å²) in [5.74, 6) is 0.469. The van der Waals surface area contributed by atoms with E-state index in [9.17, 15) is 4.79 Å². The molecule has 3 rings (SSSR count). The third-order valence-electron chi connectivity index (χ3n) is 3.46. The molecule has 0 spiro atoms. The second-order valence-corrected chi connectivity index (χ2v) is 5.74. The van der Waals surface area contributed by atoms with Crippen LogP contribution in [0, 0.1) is 0 Å². The Labute approximate surface area is 131 Å². The third-order valence-corrected chi connectivity index (χ3v) is 4.04. The molecule has 6 nitrogen and oxygen atoms in total. The second kappa shape index (κ2) is 5.99. The van der Waals surface area contributed by atoms with E-state index in [1.54, 1.807) is 17.0 Å². The number of nitrogens with zero attached hydrogens (tertiary/aromatic N) is 5. The molecule has 0 saturated carbocycles. The van der Waals surface area contributed by atoms with Gasteiger partial charge in [0.25, 0.3) is 0 Å². The molecule has 1 amide bonds. The van der Waals surface area contributed by atoms with Gasteiger partial charge in [-0.1, -0.05) is 29.3 Å². The summed E-state index contributed by atoms with van der Waals surface area (Å²) >= 11 is 12.0. The summed E-state index contributed by atoms with van der Waals surface area (Å²) in [6.45, 7) is 1.50. The Balaban J connectivity index is 1.83. The third kappa shape index (κ3) is 3.01. The summed E-state index contributed by atoms with van der Waals surface area (Å²) in [5.41, 5.74) is 0.825. The highest BCUT2D eigenvalue weighted by atomic mass is 35.5. The number of carbonyl (C=O) groups excluding carboxylic acids is 1. The second-order valence-electron chi connectivity index (χ2n) is 4.90. The molecule has 110 valence electrons. The summed E-state index contributed by atoms with van der Waals surface area (Å²) in [5, 5.41) is 12.4. The van der Waals surface area contributed by atoms with Gasteiger partial charge in [-0.25, -0.2) is 4.79 Å². The number of hydrogen-bond acceptors (Lipinski definition) is 4. The van der Waals surface area contributed by atoms with E-state index in [4.69, 9.17) is 23.2 Å². The van der Waals surface area contributed by atoms with Gasteiger partial charge in [0.2, 0.25) is 0 Å². The van der Waals surface area contributed by atoms with E-state index in [1.165, 1.54) is 4.68 Å². The average Bonchev–Trinajstić information content (AvgIpc) is 3.12. The van der Waals surface area contributed by atoms with Crippen LogP contribution >= 0.6 is 23.2 Å². The molecule has 1 aromatic carbocycles. The first-order valence-corrected chi connectivity index (χ1v) is 7.41. The van der Waals surface area contributed by atoms with Gasteiger partial charge in [-0.3, -0.25) is 0 Å². The molecule has 8 heteroatoms. The fraction of sp³-hybridized carbons (Fsp3) is 0.385. The number of likely N-dealkylation sites (tertiary alicyclic amines) is 1. The lowest BCUT2D eigenvalue weighted by molar-refractivity contribution is 0.206. The Morgan fingerprint density at radius 3 is 2.71 bits per heavy atom. The molecule has 0 N–H and O–H groups in total. The van der Waals surface area contributed by atoms with Crippen molar-refractivity contribution in [3.05, 3.63) is 39.6 Å². The van der Waals surface area contributed by atoms with Crippen LogP contribution in [0.5, 0.6) is 0 Å². The molecular formula is C13H13Cl2N5O. The number of amides is 1. The lowest BCUT2D eigenvalue weighted by Crippen LogP contribution is -2.34. The summed E-state index contributed by atoms with van der Waals surface area (Å²) < 4.78 is 1.25. The number of halogens is 2. The molecule has 1 aliphatic rings. The van der Waals surface area contributed by atoms with Crippen molar-refractivity contribution < 1.29 is 4.79 Å². The Morgan fingerprint density at radius 1 is 1.24 bits per heavy atom. The molecule has 0 atom stereocenters. The molecule has 0 unspecified atom stereocenters. The van der Waals surface area contributed by atoms with Crippen LogP contribution in [0.3, 0.4) is 0 Å². The van der Waals surface area contributed by atoms with Crippen LogP contribution in [-0.2, 0) is 6.42 Å². The summed E-state index contributed by atoms with van der Waals surface area (Å²) in [7, 11) is 0.